The maximum absolute atomic E-state index is 5.36. The van der Waals surface area contributed by atoms with Crippen molar-refractivity contribution in [1.82, 2.24) is 0 Å². The zero-order chi connectivity index (χ0) is 11.2. The third-order valence-corrected chi connectivity index (χ3v) is 3.26. The summed E-state index contributed by atoms with van der Waals surface area (Å²) in [6.45, 7) is 4.11. The Labute approximate surface area is 98.1 Å². The van der Waals surface area contributed by atoms with Gasteiger partial charge in [-0.25, -0.2) is 0 Å². The highest BCUT2D eigenvalue weighted by Gasteiger charge is 2.10. The highest BCUT2D eigenvalue weighted by molar-refractivity contribution is 5.22. The van der Waals surface area contributed by atoms with Crippen molar-refractivity contribution in [2.75, 3.05) is 13.2 Å². The van der Waals surface area contributed by atoms with E-state index in [-0.39, 0.29) is 0 Å². The predicted molar refractivity (Wildman–Crippen MR) is 67.5 cm³/mol. The second-order valence-corrected chi connectivity index (χ2v) is 4.53. The van der Waals surface area contributed by atoms with Crippen molar-refractivity contribution in [3.05, 3.63) is 48.0 Å². The molecule has 1 fully saturated rings. The maximum Gasteiger partial charge on any atom is 0.0471 e. The van der Waals surface area contributed by atoms with Gasteiger partial charge in [0, 0.05) is 13.2 Å². The first kappa shape index (κ1) is 11.4. The number of benzene rings is 1. The van der Waals surface area contributed by atoms with Crippen LogP contribution in [0.25, 0.3) is 0 Å². The van der Waals surface area contributed by atoms with E-state index in [1.54, 1.807) is 0 Å². The first-order valence-electron chi connectivity index (χ1n) is 6.17. The molecule has 1 heteroatoms. The smallest absolute Gasteiger partial charge is 0.0471 e. The molecule has 1 heterocycles. The summed E-state index contributed by atoms with van der Waals surface area (Å²) < 4.78 is 5.36. The van der Waals surface area contributed by atoms with Gasteiger partial charge in [-0.05, 0) is 30.2 Å². The molecule has 1 aliphatic heterocycles. The van der Waals surface area contributed by atoms with E-state index in [1.165, 1.54) is 18.4 Å². The molecule has 1 nitrogen and oxygen atoms in total. The highest BCUT2D eigenvalue weighted by Crippen LogP contribution is 2.20. The molecule has 1 saturated heterocycles. The molecule has 86 valence electrons. The predicted octanol–water partition coefficient (Wildman–Crippen LogP) is 3.77. The number of allylic oxidation sites excluding steroid dienone is 2. The fourth-order valence-electron chi connectivity index (χ4n) is 2.10. The van der Waals surface area contributed by atoms with Crippen molar-refractivity contribution in [3.8, 4) is 0 Å². The van der Waals surface area contributed by atoms with Crippen LogP contribution in [0.4, 0.5) is 0 Å². The Morgan fingerprint density at radius 1 is 1.19 bits per heavy atom. The third-order valence-electron chi connectivity index (χ3n) is 3.26. The van der Waals surface area contributed by atoms with Crippen molar-refractivity contribution < 1.29 is 4.74 Å². The summed E-state index contributed by atoms with van der Waals surface area (Å²) in [6.07, 6.45) is 7.07. The second-order valence-electron chi connectivity index (χ2n) is 4.53. The van der Waals surface area contributed by atoms with Crippen LogP contribution >= 0.6 is 0 Å². The van der Waals surface area contributed by atoms with E-state index in [0.717, 1.165) is 19.1 Å². The number of rotatable bonds is 3. The lowest BCUT2D eigenvalue weighted by Crippen LogP contribution is -2.13. The first-order chi connectivity index (χ1) is 7.86. The summed E-state index contributed by atoms with van der Waals surface area (Å²) in [4.78, 5) is 0. The zero-order valence-corrected chi connectivity index (χ0v) is 9.93. The number of ether oxygens (including phenoxy) is 1. The molecule has 0 aliphatic carbocycles. The molecule has 0 bridgehead atoms. The molecule has 0 amide bonds. The Kier molecular flexibility index (Phi) is 4.17. The van der Waals surface area contributed by atoms with Crippen molar-refractivity contribution >= 4 is 0 Å². The topological polar surface area (TPSA) is 9.23 Å². The first-order valence-corrected chi connectivity index (χ1v) is 6.17. The van der Waals surface area contributed by atoms with Crippen LogP contribution in [-0.4, -0.2) is 13.2 Å². The van der Waals surface area contributed by atoms with Gasteiger partial charge in [-0.15, -0.1) is 0 Å². The van der Waals surface area contributed by atoms with Crippen LogP contribution in [0.5, 0.6) is 0 Å². The van der Waals surface area contributed by atoms with E-state index in [0.29, 0.717) is 5.92 Å². The quantitative estimate of drug-likeness (QED) is 0.699. The van der Waals surface area contributed by atoms with Gasteiger partial charge in [0.15, 0.2) is 0 Å². The Hall–Kier alpha value is -1.08. The van der Waals surface area contributed by atoms with Gasteiger partial charge in [-0.2, -0.15) is 0 Å². The molecule has 1 aliphatic rings. The summed E-state index contributed by atoms with van der Waals surface area (Å²) in [5.41, 5.74) is 1.39. The van der Waals surface area contributed by atoms with Crippen molar-refractivity contribution in [3.63, 3.8) is 0 Å². The summed E-state index contributed by atoms with van der Waals surface area (Å²) >= 11 is 0. The largest absolute Gasteiger partial charge is 0.381 e. The Balaban J connectivity index is 1.91. The van der Waals surface area contributed by atoms with Gasteiger partial charge in [0.05, 0.1) is 0 Å². The Morgan fingerprint density at radius 2 is 1.88 bits per heavy atom. The summed E-state index contributed by atoms with van der Waals surface area (Å²) in [5.74, 6) is 1.24. The fourth-order valence-corrected chi connectivity index (χ4v) is 2.10. The molecule has 0 aromatic heterocycles. The van der Waals surface area contributed by atoms with Gasteiger partial charge in [0.25, 0.3) is 0 Å². The molecule has 0 saturated carbocycles. The van der Waals surface area contributed by atoms with E-state index in [2.05, 4.69) is 49.4 Å². The summed E-state index contributed by atoms with van der Waals surface area (Å²) in [7, 11) is 0. The Morgan fingerprint density at radius 3 is 2.56 bits per heavy atom. The van der Waals surface area contributed by atoms with Gasteiger partial charge in [-0.1, -0.05) is 49.4 Å². The SMILES string of the molecule is CC(/C=C/C1CCOCC1)c1ccccc1. The second kappa shape index (κ2) is 5.86. The number of hydrogen-bond donors (Lipinski definition) is 0. The maximum atomic E-state index is 5.36. The average molecular weight is 216 g/mol. The van der Waals surface area contributed by atoms with Crippen LogP contribution in [0.15, 0.2) is 42.5 Å². The molecule has 1 aromatic rings. The minimum Gasteiger partial charge on any atom is -0.381 e. The fraction of sp³-hybridized carbons (Fsp3) is 0.467. The molecule has 1 atom stereocenters. The molecule has 1 aromatic carbocycles. The minimum atomic E-state index is 0.518. The van der Waals surface area contributed by atoms with Gasteiger partial charge >= 0.3 is 0 Å². The van der Waals surface area contributed by atoms with Gasteiger partial charge < -0.3 is 4.74 Å². The summed E-state index contributed by atoms with van der Waals surface area (Å²) in [6, 6.07) is 10.7. The highest BCUT2D eigenvalue weighted by atomic mass is 16.5. The normalized spacial score (nSPS) is 20.1. The lowest BCUT2D eigenvalue weighted by Gasteiger charge is -2.19. The van der Waals surface area contributed by atoms with Crippen LogP contribution in [-0.2, 0) is 4.74 Å². The van der Waals surface area contributed by atoms with Crippen LogP contribution in [0.2, 0.25) is 0 Å². The van der Waals surface area contributed by atoms with Gasteiger partial charge in [-0.3, -0.25) is 0 Å². The lowest BCUT2D eigenvalue weighted by molar-refractivity contribution is 0.0785. The van der Waals surface area contributed by atoms with Crippen LogP contribution in [0, 0.1) is 5.92 Å². The van der Waals surface area contributed by atoms with Gasteiger partial charge in [0.1, 0.15) is 0 Å². The van der Waals surface area contributed by atoms with Crippen molar-refractivity contribution in [2.24, 2.45) is 5.92 Å². The molecule has 0 N–H and O–H groups in total. The van der Waals surface area contributed by atoms with E-state index >= 15 is 0 Å². The number of hydrogen-bond acceptors (Lipinski definition) is 1. The third kappa shape index (κ3) is 3.21. The minimum absolute atomic E-state index is 0.518. The van der Waals surface area contributed by atoms with E-state index in [1.807, 2.05) is 0 Å². The van der Waals surface area contributed by atoms with Crippen LogP contribution in [0.1, 0.15) is 31.2 Å². The van der Waals surface area contributed by atoms with E-state index < -0.39 is 0 Å². The molecule has 0 radical (unpaired) electrons. The van der Waals surface area contributed by atoms with Gasteiger partial charge in [0.2, 0.25) is 0 Å². The molecule has 0 spiro atoms. The molecule has 2 rings (SSSR count). The molecular weight excluding hydrogens is 196 g/mol. The standard InChI is InChI=1S/C15H20O/c1-13(15-5-3-2-4-6-15)7-8-14-9-11-16-12-10-14/h2-8,13-14H,9-12H2,1H3/b8-7+. The van der Waals surface area contributed by atoms with Crippen molar-refractivity contribution in [2.45, 2.75) is 25.7 Å². The molecule has 1 unspecified atom stereocenters. The Bertz CT molecular complexity index is 323. The molecular formula is C15H20O. The molecule has 16 heavy (non-hydrogen) atoms. The summed E-state index contributed by atoms with van der Waals surface area (Å²) in [5, 5.41) is 0. The average Bonchev–Trinajstić information content (AvgIpc) is 2.38. The van der Waals surface area contributed by atoms with Crippen LogP contribution in [0.3, 0.4) is 0 Å². The van der Waals surface area contributed by atoms with Crippen molar-refractivity contribution in [1.29, 1.82) is 0 Å². The van der Waals surface area contributed by atoms with Crippen LogP contribution < -0.4 is 0 Å². The zero-order valence-electron chi connectivity index (χ0n) is 9.93. The lowest BCUT2D eigenvalue weighted by atomic mass is 9.95. The van der Waals surface area contributed by atoms with E-state index in [4.69, 9.17) is 4.74 Å². The monoisotopic (exact) mass is 216 g/mol. The van der Waals surface area contributed by atoms with E-state index in [9.17, 15) is 0 Å².